The molecule has 3 amide bonds. The number of imide groups is 1. The number of nitrogens with one attached hydrogen (secondary N) is 1. The van der Waals surface area contributed by atoms with Gasteiger partial charge in [0.05, 0.1) is 22.9 Å². The molecule has 0 saturated carbocycles. The van der Waals surface area contributed by atoms with Crippen LogP contribution >= 0.6 is 11.3 Å². The number of hydrogen-bond acceptors (Lipinski definition) is 7. The number of amides is 3. The molecule has 1 N–H and O–H groups in total. The zero-order chi connectivity index (χ0) is 24.4. The topological polar surface area (TPSA) is 85.8 Å². The van der Waals surface area contributed by atoms with Gasteiger partial charge in [0, 0.05) is 43.7 Å². The Morgan fingerprint density at radius 1 is 1.11 bits per heavy atom. The molecule has 2 fully saturated rings. The third-order valence-electron chi connectivity index (χ3n) is 7.50. The molecule has 0 radical (unpaired) electrons. The highest BCUT2D eigenvalue weighted by molar-refractivity contribution is 7.09. The van der Waals surface area contributed by atoms with Crippen LogP contribution in [0.25, 0.3) is 0 Å². The lowest BCUT2D eigenvalue weighted by molar-refractivity contribution is -0.125. The lowest BCUT2D eigenvalue weighted by Crippen LogP contribution is -2.43. The predicted octanol–water partition coefficient (Wildman–Crippen LogP) is 3.32. The molecule has 5 rings (SSSR count). The predicted molar refractivity (Wildman–Crippen MR) is 136 cm³/mol. The van der Waals surface area contributed by atoms with E-state index in [1.165, 1.54) is 35.5 Å². The van der Waals surface area contributed by atoms with Crippen LogP contribution in [0.4, 0.5) is 5.69 Å². The Labute approximate surface area is 210 Å². The van der Waals surface area contributed by atoms with Crippen molar-refractivity contribution in [1.82, 2.24) is 20.1 Å². The summed E-state index contributed by atoms with van der Waals surface area (Å²) in [5, 5.41) is 5.73. The van der Waals surface area contributed by atoms with Crippen LogP contribution in [-0.2, 0) is 4.79 Å². The molecule has 9 heteroatoms. The zero-order valence-corrected chi connectivity index (χ0v) is 21.1. The number of aromatic nitrogens is 1. The standard InChI is InChI=1S/C26H33N5O3S/c1-18(24-28-11-17-35-24)31-25(33)20-6-5-7-21(22(20)26(31)34)30-14-8-19(9-15-30)23(32)27-10-16-29-12-3-2-4-13-29/h5-7,11,17-19H,2-4,8-10,12-16H2,1H3,(H,27,32)/t18-/m1/s1. The van der Waals surface area contributed by atoms with Crippen LogP contribution < -0.4 is 10.2 Å². The summed E-state index contributed by atoms with van der Waals surface area (Å²) in [6, 6.07) is 5.09. The first-order valence-corrected chi connectivity index (χ1v) is 13.6. The summed E-state index contributed by atoms with van der Waals surface area (Å²) in [4.78, 5) is 49.5. The van der Waals surface area contributed by atoms with Crippen molar-refractivity contribution in [2.24, 2.45) is 5.92 Å². The Kier molecular flexibility index (Phi) is 7.15. The van der Waals surface area contributed by atoms with Gasteiger partial charge in [-0.25, -0.2) is 4.98 Å². The molecule has 1 aromatic carbocycles. The second-order valence-electron chi connectivity index (χ2n) is 9.68. The van der Waals surface area contributed by atoms with E-state index in [0.29, 0.717) is 30.8 Å². The number of hydrogen-bond donors (Lipinski definition) is 1. The van der Waals surface area contributed by atoms with E-state index >= 15 is 0 Å². The van der Waals surface area contributed by atoms with Crippen molar-refractivity contribution in [3.63, 3.8) is 0 Å². The number of piperidine rings is 2. The summed E-state index contributed by atoms with van der Waals surface area (Å²) in [6.07, 6.45) is 6.99. The summed E-state index contributed by atoms with van der Waals surface area (Å²) < 4.78 is 0. The van der Waals surface area contributed by atoms with Gasteiger partial charge in [-0.1, -0.05) is 12.5 Å². The second kappa shape index (κ2) is 10.5. The molecule has 4 heterocycles. The largest absolute Gasteiger partial charge is 0.371 e. The molecular weight excluding hydrogens is 462 g/mol. The average molecular weight is 496 g/mol. The van der Waals surface area contributed by atoms with Crippen molar-refractivity contribution in [1.29, 1.82) is 0 Å². The second-order valence-corrected chi connectivity index (χ2v) is 10.6. The van der Waals surface area contributed by atoms with Crippen LogP contribution in [0.15, 0.2) is 29.8 Å². The maximum absolute atomic E-state index is 13.4. The number of rotatable bonds is 7. The van der Waals surface area contributed by atoms with Crippen molar-refractivity contribution in [3.8, 4) is 0 Å². The fourth-order valence-corrected chi connectivity index (χ4v) is 6.18. The van der Waals surface area contributed by atoms with Crippen LogP contribution in [0.1, 0.15) is 70.8 Å². The molecule has 3 aliphatic rings. The SMILES string of the molecule is C[C@H](c1nccs1)N1C(=O)c2cccc(N3CCC(C(=O)NCCN4CCCCC4)CC3)c2C1=O. The Hall–Kier alpha value is -2.78. The van der Waals surface area contributed by atoms with E-state index in [1.807, 2.05) is 24.4 Å². The van der Waals surface area contributed by atoms with E-state index in [4.69, 9.17) is 0 Å². The highest BCUT2D eigenvalue weighted by Crippen LogP contribution is 2.37. The van der Waals surface area contributed by atoms with Crippen LogP contribution in [0, 0.1) is 5.92 Å². The Morgan fingerprint density at radius 3 is 2.60 bits per heavy atom. The Bertz CT molecular complexity index is 1070. The van der Waals surface area contributed by atoms with Gasteiger partial charge in [0.15, 0.2) is 0 Å². The van der Waals surface area contributed by atoms with E-state index in [0.717, 1.165) is 43.2 Å². The van der Waals surface area contributed by atoms with Crippen molar-refractivity contribution < 1.29 is 14.4 Å². The van der Waals surface area contributed by atoms with Crippen molar-refractivity contribution >= 4 is 34.7 Å². The third kappa shape index (κ3) is 4.84. The number of likely N-dealkylation sites (tertiary alicyclic amines) is 1. The smallest absolute Gasteiger partial charge is 0.264 e. The first-order chi connectivity index (χ1) is 17.0. The van der Waals surface area contributed by atoms with Gasteiger partial charge in [0.25, 0.3) is 11.8 Å². The summed E-state index contributed by atoms with van der Waals surface area (Å²) in [5.41, 5.74) is 1.72. The lowest BCUT2D eigenvalue weighted by Gasteiger charge is -2.34. The minimum atomic E-state index is -0.408. The number of nitrogens with zero attached hydrogens (tertiary/aromatic N) is 4. The maximum atomic E-state index is 13.4. The first kappa shape index (κ1) is 23.9. The molecule has 186 valence electrons. The van der Waals surface area contributed by atoms with Gasteiger partial charge in [-0.2, -0.15) is 0 Å². The van der Waals surface area contributed by atoms with Crippen molar-refractivity contribution in [2.75, 3.05) is 44.2 Å². The van der Waals surface area contributed by atoms with Gasteiger partial charge in [0.1, 0.15) is 5.01 Å². The van der Waals surface area contributed by atoms with Gasteiger partial charge >= 0.3 is 0 Å². The molecule has 1 aromatic heterocycles. The molecule has 0 spiro atoms. The molecule has 3 aliphatic heterocycles. The normalized spacial score (nSPS) is 20.3. The van der Waals surface area contributed by atoms with Gasteiger partial charge in [-0.15, -0.1) is 11.3 Å². The van der Waals surface area contributed by atoms with Gasteiger partial charge in [0.2, 0.25) is 5.91 Å². The number of benzene rings is 1. The average Bonchev–Trinajstić information content (AvgIpc) is 3.52. The number of fused-ring (bicyclic) bond motifs is 1. The van der Waals surface area contributed by atoms with Crippen LogP contribution in [0.5, 0.6) is 0 Å². The molecule has 35 heavy (non-hydrogen) atoms. The third-order valence-corrected chi connectivity index (χ3v) is 8.45. The number of carbonyl (C=O) groups is 3. The molecule has 0 aliphatic carbocycles. The minimum absolute atomic E-state index is 0.0110. The lowest BCUT2D eigenvalue weighted by atomic mass is 9.94. The van der Waals surface area contributed by atoms with E-state index in [2.05, 4.69) is 20.1 Å². The van der Waals surface area contributed by atoms with Gasteiger partial charge in [-0.3, -0.25) is 19.3 Å². The number of carbonyl (C=O) groups excluding carboxylic acids is 3. The highest BCUT2D eigenvalue weighted by Gasteiger charge is 2.42. The summed E-state index contributed by atoms with van der Waals surface area (Å²) in [5.74, 6) is -0.406. The molecule has 1 atom stereocenters. The van der Waals surface area contributed by atoms with Gasteiger partial charge in [-0.05, 0) is 57.8 Å². The fraction of sp³-hybridized carbons (Fsp3) is 0.538. The summed E-state index contributed by atoms with van der Waals surface area (Å²) in [7, 11) is 0. The molecular formula is C26H33N5O3S. The monoisotopic (exact) mass is 495 g/mol. The Morgan fingerprint density at radius 2 is 1.89 bits per heavy atom. The summed E-state index contributed by atoms with van der Waals surface area (Å²) >= 11 is 1.44. The fourth-order valence-electron chi connectivity index (χ4n) is 5.50. The molecule has 8 nitrogen and oxygen atoms in total. The van der Waals surface area contributed by atoms with Crippen LogP contribution in [-0.4, -0.2) is 71.8 Å². The molecule has 2 aromatic rings. The molecule has 0 bridgehead atoms. The maximum Gasteiger partial charge on any atom is 0.264 e. The molecule has 0 unspecified atom stereocenters. The van der Waals surface area contributed by atoms with Gasteiger partial charge < -0.3 is 15.1 Å². The quantitative estimate of drug-likeness (QED) is 0.593. The Balaban J connectivity index is 1.20. The number of thiazole rings is 1. The van der Waals surface area contributed by atoms with Crippen LogP contribution in [0.2, 0.25) is 0 Å². The van der Waals surface area contributed by atoms with E-state index in [1.54, 1.807) is 12.3 Å². The summed E-state index contributed by atoms with van der Waals surface area (Å²) in [6.45, 7) is 7.11. The van der Waals surface area contributed by atoms with E-state index < -0.39 is 6.04 Å². The van der Waals surface area contributed by atoms with E-state index in [-0.39, 0.29) is 23.6 Å². The van der Waals surface area contributed by atoms with Crippen molar-refractivity contribution in [3.05, 3.63) is 45.9 Å². The minimum Gasteiger partial charge on any atom is -0.371 e. The van der Waals surface area contributed by atoms with E-state index in [9.17, 15) is 14.4 Å². The zero-order valence-electron chi connectivity index (χ0n) is 20.2. The first-order valence-electron chi connectivity index (χ1n) is 12.7. The number of anilines is 1. The van der Waals surface area contributed by atoms with Crippen LogP contribution in [0.3, 0.4) is 0 Å². The van der Waals surface area contributed by atoms with Crippen molar-refractivity contribution in [2.45, 2.75) is 45.1 Å². The molecule has 2 saturated heterocycles. The highest BCUT2D eigenvalue weighted by atomic mass is 32.1.